The molecule has 0 bridgehead atoms. The summed E-state index contributed by atoms with van der Waals surface area (Å²) in [5.74, 6) is 0. The smallest absolute Gasteiger partial charge is 0.264 e. The summed E-state index contributed by atoms with van der Waals surface area (Å²) < 4.78 is 1.40. The molecule has 10 aromatic rings. The molecule has 0 amide bonds. The van der Waals surface area contributed by atoms with E-state index in [2.05, 4.69) is 263 Å². The van der Waals surface area contributed by atoms with Crippen molar-refractivity contribution >= 4 is 67.9 Å². The van der Waals surface area contributed by atoms with Crippen molar-refractivity contribution in [3.63, 3.8) is 0 Å². The average Bonchev–Trinajstić information content (AvgIpc) is 4.00. The number of nitrogens with zero attached hydrogens (tertiary/aromatic N) is 2. The van der Waals surface area contributed by atoms with E-state index in [4.69, 9.17) is 0 Å². The molecule has 0 radical (unpaired) electrons. The molecule has 3 heterocycles. The molecule has 2 aliphatic heterocycles. The van der Waals surface area contributed by atoms with Gasteiger partial charge in [-0.05, 0) is 146 Å². The SMILES string of the molecule is Cc1ccc(-c2ccccc2)c(-c2ccc3c(c2)N(c2ccccc2)c2cc(C)cc4c2B3c2sc3c(c2N4c2ccc(C(C)(C)C)cc2)-c2ccc(C)cc2C32c3ccccc3-c3ccccc32)c1. The van der Waals surface area contributed by atoms with Gasteiger partial charge in [-0.25, -0.2) is 0 Å². The normalized spacial score (nSPS) is 14.2. The fourth-order valence-electron chi connectivity index (χ4n) is 12.7. The summed E-state index contributed by atoms with van der Waals surface area (Å²) in [5.41, 5.74) is 29.1. The highest BCUT2D eigenvalue weighted by Crippen LogP contribution is 2.67. The summed E-state index contributed by atoms with van der Waals surface area (Å²) in [6.45, 7) is 13.7. The van der Waals surface area contributed by atoms with Gasteiger partial charge in [-0.1, -0.05) is 190 Å². The Morgan fingerprint density at radius 1 is 0.443 bits per heavy atom. The lowest BCUT2D eigenvalue weighted by molar-refractivity contribution is 0.590. The third-order valence-electron chi connectivity index (χ3n) is 15.7. The fraction of sp³-hybridized carbons (Fsp3) is 0.121. The molecule has 14 rings (SSSR count). The van der Waals surface area contributed by atoms with Crippen LogP contribution in [0.5, 0.6) is 0 Å². The van der Waals surface area contributed by atoms with Crippen LogP contribution in [0.15, 0.2) is 200 Å². The van der Waals surface area contributed by atoms with Gasteiger partial charge in [0.25, 0.3) is 6.71 Å². The molecule has 0 fully saturated rings. The van der Waals surface area contributed by atoms with Crippen molar-refractivity contribution < 1.29 is 0 Å². The van der Waals surface area contributed by atoms with Crippen LogP contribution in [0.4, 0.5) is 34.1 Å². The van der Waals surface area contributed by atoms with Crippen LogP contribution in [-0.4, -0.2) is 6.71 Å². The third-order valence-corrected chi connectivity index (χ3v) is 17.1. The quantitative estimate of drug-likeness (QED) is 0.162. The van der Waals surface area contributed by atoms with Gasteiger partial charge in [0, 0.05) is 43.7 Å². The van der Waals surface area contributed by atoms with E-state index in [0.717, 1.165) is 5.69 Å². The van der Waals surface area contributed by atoms with Crippen LogP contribution in [0.2, 0.25) is 0 Å². The van der Waals surface area contributed by atoms with E-state index in [0.29, 0.717) is 0 Å². The van der Waals surface area contributed by atoms with E-state index in [9.17, 15) is 0 Å². The molecule has 2 aliphatic carbocycles. The largest absolute Gasteiger partial charge is 0.311 e. The average molecular weight is 915 g/mol. The maximum Gasteiger partial charge on any atom is 0.264 e. The van der Waals surface area contributed by atoms with Crippen LogP contribution in [0.1, 0.15) is 64.6 Å². The number of fused-ring (bicyclic) bond motifs is 15. The molecule has 4 aliphatic rings. The zero-order valence-electron chi connectivity index (χ0n) is 40.4. The van der Waals surface area contributed by atoms with Gasteiger partial charge in [0.1, 0.15) is 0 Å². The van der Waals surface area contributed by atoms with Crippen molar-refractivity contribution in [3.05, 3.63) is 244 Å². The Hall–Kier alpha value is -7.66. The maximum atomic E-state index is 2.66. The maximum absolute atomic E-state index is 2.66. The molecular formula is C66H51BN2S. The molecule has 1 aromatic heterocycles. The number of hydrogen-bond acceptors (Lipinski definition) is 3. The third kappa shape index (κ3) is 5.69. The van der Waals surface area contributed by atoms with E-state index in [1.54, 1.807) is 0 Å². The number of hydrogen-bond donors (Lipinski definition) is 0. The zero-order valence-corrected chi connectivity index (χ0v) is 41.2. The summed E-state index contributed by atoms with van der Waals surface area (Å²) in [6, 6.07) is 76.4. The second-order valence-electron chi connectivity index (χ2n) is 21.1. The summed E-state index contributed by atoms with van der Waals surface area (Å²) >= 11 is 2.06. The number of aryl methyl sites for hydroxylation is 3. The predicted octanol–water partition coefficient (Wildman–Crippen LogP) is 15.7. The molecule has 334 valence electrons. The van der Waals surface area contributed by atoms with Gasteiger partial charge in [-0.15, -0.1) is 11.3 Å². The first-order valence-corrected chi connectivity index (χ1v) is 25.6. The highest BCUT2D eigenvalue weighted by Gasteiger charge is 2.57. The fourth-order valence-corrected chi connectivity index (χ4v) is 14.4. The predicted molar refractivity (Wildman–Crippen MR) is 298 cm³/mol. The van der Waals surface area contributed by atoms with E-state index in [-0.39, 0.29) is 12.1 Å². The Kier molecular flexibility index (Phi) is 8.81. The minimum Gasteiger partial charge on any atom is -0.311 e. The first-order valence-electron chi connectivity index (χ1n) is 24.8. The van der Waals surface area contributed by atoms with Crippen molar-refractivity contribution in [1.82, 2.24) is 0 Å². The highest BCUT2D eigenvalue weighted by atomic mass is 32.1. The van der Waals surface area contributed by atoms with Crippen LogP contribution >= 0.6 is 11.3 Å². The van der Waals surface area contributed by atoms with Crippen molar-refractivity contribution in [2.45, 2.75) is 52.4 Å². The molecular weight excluding hydrogens is 864 g/mol. The standard InChI is InChI=1S/C66H51BN2S/c1-40-25-32-48(43-17-9-7-10-18-43)52(35-40)44-27-34-56-57(39-44)68(46-19-11-8-12-20-46)58-37-42(3)38-59-61(58)67(56)64-62(69(59)47-30-28-45(29-31-47)65(4,5)6)60-51-33-26-41(2)36-55(51)66(63(60)70-64)53-23-15-13-21-49(53)50-22-14-16-24-54(50)66/h7-39H,1-6H3. The molecule has 70 heavy (non-hydrogen) atoms. The van der Waals surface area contributed by atoms with Crippen molar-refractivity contribution in [2.24, 2.45) is 0 Å². The molecule has 0 N–H and O–H groups in total. The first-order chi connectivity index (χ1) is 34.1. The van der Waals surface area contributed by atoms with Crippen LogP contribution in [-0.2, 0) is 10.8 Å². The first kappa shape index (κ1) is 41.3. The lowest BCUT2D eigenvalue weighted by Gasteiger charge is -2.44. The molecule has 4 heteroatoms. The molecule has 0 unspecified atom stereocenters. The van der Waals surface area contributed by atoms with Gasteiger partial charge in [-0.3, -0.25) is 0 Å². The minimum absolute atomic E-state index is 0.0192. The number of thiophene rings is 1. The second-order valence-corrected chi connectivity index (χ2v) is 22.1. The summed E-state index contributed by atoms with van der Waals surface area (Å²) in [6.07, 6.45) is 0. The lowest BCUT2D eigenvalue weighted by atomic mass is 9.36. The lowest BCUT2D eigenvalue weighted by Crippen LogP contribution is -2.60. The number of benzene rings is 9. The zero-order chi connectivity index (χ0) is 47.2. The monoisotopic (exact) mass is 914 g/mol. The highest BCUT2D eigenvalue weighted by molar-refractivity contribution is 7.30. The van der Waals surface area contributed by atoms with Gasteiger partial charge in [0.05, 0.1) is 11.1 Å². The van der Waals surface area contributed by atoms with Crippen LogP contribution in [0.25, 0.3) is 44.5 Å². The van der Waals surface area contributed by atoms with Crippen molar-refractivity contribution in [3.8, 4) is 44.5 Å². The molecule has 0 saturated carbocycles. The molecule has 9 aromatic carbocycles. The van der Waals surface area contributed by atoms with Gasteiger partial charge >= 0.3 is 0 Å². The minimum atomic E-state index is -0.463. The van der Waals surface area contributed by atoms with Gasteiger partial charge in [-0.2, -0.15) is 0 Å². The van der Waals surface area contributed by atoms with Gasteiger partial charge in [0.2, 0.25) is 0 Å². The number of para-hydroxylation sites is 1. The Morgan fingerprint density at radius 2 is 1.04 bits per heavy atom. The number of rotatable bonds is 4. The second kappa shape index (κ2) is 14.9. The van der Waals surface area contributed by atoms with Crippen molar-refractivity contribution in [2.75, 3.05) is 9.80 Å². The van der Waals surface area contributed by atoms with Crippen LogP contribution in [0.3, 0.4) is 0 Å². The molecule has 0 atom stereocenters. The van der Waals surface area contributed by atoms with E-state index in [1.165, 1.54) is 132 Å². The Balaban J connectivity index is 1.11. The van der Waals surface area contributed by atoms with Gasteiger partial charge < -0.3 is 9.80 Å². The molecule has 2 nitrogen and oxygen atoms in total. The van der Waals surface area contributed by atoms with Gasteiger partial charge in [0.15, 0.2) is 0 Å². The van der Waals surface area contributed by atoms with E-state index < -0.39 is 5.41 Å². The van der Waals surface area contributed by atoms with E-state index >= 15 is 0 Å². The Bertz CT molecular complexity index is 3760. The summed E-state index contributed by atoms with van der Waals surface area (Å²) in [7, 11) is 0. The topological polar surface area (TPSA) is 6.48 Å². The van der Waals surface area contributed by atoms with E-state index in [1.807, 2.05) is 0 Å². The van der Waals surface area contributed by atoms with Crippen LogP contribution < -0.4 is 25.5 Å². The van der Waals surface area contributed by atoms with Crippen LogP contribution in [0, 0.1) is 20.8 Å². The summed E-state index contributed by atoms with van der Waals surface area (Å²) in [4.78, 5) is 6.65. The van der Waals surface area contributed by atoms with Crippen molar-refractivity contribution in [1.29, 1.82) is 0 Å². The molecule has 0 saturated heterocycles. The number of anilines is 6. The summed E-state index contributed by atoms with van der Waals surface area (Å²) in [5, 5.41) is 0. The Morgan fingerprint density at radius 3 is 1.73 bits per heavy atom. The Labute approximate surface area is 416 Å². The molecule has 1 spiro atoms.